The van der Waals surface area contributed by atoms with E-state index in [9.17, 15) is 9.18 Å². The first-order chi connectivity index (χ1) is 8.80. The molecule has 0 saturated carbocycles. The van der Waals surface area contributed by atoms with E-state index in [0.717, 1.165) is 12.2 Å². The molecule has 4 heteroatoms. The number of halogens is 1. The highest BCUT2D eigenvalue weighted by Gasteiger charge is 2.29. The molecule has 1 aromatic carbocycles. The predicted octanol–water partition coefficient (Wildman–Crippen LogP) is 2.95. The highest BCUT2D eigenvalue weighted by Crippen LogP contribution is 2.29. The first-order valence-electron chi connectivity index (χ1n) is 6.50. The van der Waals surface area contributed by atoms with Crippen LogP contribution in [-0.2, 0) is 4.74 Å². The Morgan fingerprint density at radius 2 is 2.11 bits per heavy atom. The molecule has 0 bridgehead atoms. The number of carbonyl (C=O) groups excluding carboxylic acids is 1. The van der Waals surface area contributed by atoms with E-state index in [2.05, 4.69) is 4.90 Å². The molecule has 1 aromatic rings. The van der Waals surface area contributed by atoms with Crippen LogP contribution in [0.1, 0.15) is 36.7 Å². The number of ether oxygens (including phenoxy) is 1. The molecule has 1 aliphatic heterocycles. The fourth-order valence-electron chi connectivity index (χ4n) is 2.43. The number of Topliss-reactive ketones (excluding diaryl/α,β-unsaturated/α-hetero) is 1. The Morgan fingerprint density at radius 1 is 1.42 bits per heavy atom. The molecule has 0 unspecified atom stereocenters. The van der Waals surface area contributed by atoms with Gasteiger partial charge in [-0.2, -0.15) is 0 Å². The van der Waals surface area contributed by atoms with Gasteiger partial charge in [-0.15, -0.1) is 0 Å². The quantitative estimate of drug-likeness (QED) is 0.770. The number of nitrogens with zero attached hydrogens (tertiary/aromatic N) is 1. The van der Waals surface area contributed by atoms with Gasteiger partial charge in [-0.05, 0) is 45.4 Å². The maximum Gasteiger partial charge on any atom is 0.161 e. The Morgan fingerprint density at radius 3 is 2.68 bits per heavy atom. The molecule has 0 atom stereocenters. The van der Waals surface area contributed by atoms with Crippen molar-refractivity contribution in [3.05, 3.63) is 29.1 Å². The zero-order valence-electron chi connectivity index (χ0n) is 11.9. The van der Waals surface area contributed by atoms with Gasteiger partial charge in [0, 0.05) is 24.3 Å². The van der Waals surface area contributed by atoms with Crippen LogP contribution < -0.4 is 4.90 Å². The average molecular weight is 265 g/mol. The van der Waals surface area contributed by atoms with E-state index >= 15 is 0 Å². The molecule has 104 valence electrons. The molecule has 2 rings (SSSR count). The van der Waals surface area contributed by atoms with E-state index < -0.39 is 0 Å². The summed E-state index contributed by atoms with van der Waals surface area (Å²) in [7, 11) is 0. The van der Waals surface area contributed by atoms with E-state index in [1.54, 1.807) is 13.0 Å². The summed E-state index contributed by atoms with van der Waals surface area (Å²) in [6, 6.07) is 3.10. The normalized spacial score (nSPS) is 18.5. The van der Waals surface area contributed by atoms with Gasteiger partial charge in [-0.3, -0.25) is 4.79 Å². The van der Waals surface area contributed by atoms with Crippen LogP contribution in [0.15, 0.2) is 12.1 Å². The van der Waals surface area contributed by atoms with Crippen LogP contribution in [0.4, 0.5) is 10.1 Å². The summed E-state index contributed by atoms with van der Waals surface area (Å²) < 4.78 is 19.3. The molecule has 0 amide bonds. The van der Waals surface area contributed by atoms with Gasteiger partial charge in [0.15, 0.2) is 5.78 Å². The smallest absolute Gasteiger partial charge is 0.161 e. The number of benzene rings is 1. The first-order valence-corrected chi connectivity index (χ1v) is 6.50. The lowest BCUT2D eigenvalue weighted by Crippen LogP contribution is -2.48. The maximum absolute atomic E-state index is 13.6. The topological polar surface area (TPSA) is 29.5 Å². The summed E-state index contributed by atoms with van der Waals surface area (Å²) in [6.07, 6.45) is 0. The number of rotatable bonds is 2. The van der Waals surface area contributed by atoms with Gasteiger partial charge in [0.05, 0.1) is 12.2 Å². The fourth-order valence-corrected chi connectivity index (χ4v) is 2.43. The largest absolute Gasteiger partial charge is 0.372 e. The van der Waals surface area contributed by atoms with Crippen LogP contribution in [0.2, 0.25) is 0 Å². The van der Waals surface area contributed by atoms with Gasteiger partial charge in [-0.25, -0.2) is 4.39 Å². The van der Waals surface area contributed by atoms with Crippen LogP contribution in [0, 0.1) is 12.7 Å². The predicted molar refractivity (Wildman–Crippen MR) is 73.4 cm³/mol. The summed E-state index contributed by atoms with van der Waals surface area (Å²) in [5.41, 5.74) is 1.56. The third kappa shape index (κ3) is 2.95. The second-order valence-corrected chi connectivity index (χ2v) is 5.70. The third-order valence-corrected chi connectivity index (χ3v) is 3.42. The highest BCUT2D eigenvalue weighted by atomic mass is 19.1. The fraction of sp³-hybridized carbons (Fsp3) is 0.533. The van der Waals surface area contributed by atoms with Crippen molar-refractivity contribution in [2.45, 2.75) is 33.3 Å². The minimum Gasteiger partial charge on any atom is -0.372 e. The molecule has 0 spiro atoms. The van der Waals surface area contributed by atoms with Crippen molar-refractivity contribution in [1.29, 1.82) is 0 Å². The Bertz CT molecular complexity index is 511. The van der Waals surface area contributed by atoms with Crippen molar-refractivity contribution in [2.75, 3.05) is 24.6 Å². The highest BCUT2D eigenvalue weighted by molar-refractivity contribution is 6.00. The maximum atomic E-state index is 13.6. The van der Waals surface area contributed by atoms with E-state index in [1.807, 2.05) is 13.8 Å². The molecule has 3 nitrogen and oxygen atoms in total. The second-order valence-electron chi connectivity index (χ2n) is 5.70. The number of morpholine rings is 1. The van der Waals surface area contributed by atoms with Gasteiger partial charge in [0.25, 0.3) is 0 Å². The summed E-state index contributed by atoms with van der Waals surface area (Å²) in [5.74, 6) is -0.445. The molecule has 1 saturated heterocycles. The van der Waals surface area contributed by atoms with Crippen molar-refractivity contribution < 1.29 is 13.9 Å². The Hall–Kier alpha value is -1.42. The van der Waals surface area contributed by atoms with E-state index in [4.69, 9.17) is 4.74 Å². The molecule has 19 heavy (non-hydrogen) atoms. The minimum atomic E-state index is -0.332. The lowest BCUT2D eigenvalue weighted by molar-refractivity contribution is -0.0277. The zero-order valence-corrected chi connectivity index (χ0v) is 11.9. The number of anilines is 1. The standard InChI is InChI=1S/C15H20FNO2/c1-10-7-14(12(11(2)18)8-13(10)16)17-5-6-19-15(3,4)9-17/h7-8H,5-6,9H2,1-4H3. The summed E-state index contributed by atoms with van der Waals surface area (Å²) >= 11 is 0. The van der Waals surface area contributed by atoms with Gasteiger partial charge < -0.3 is 9.64 Å². The van der Waals surface area contributed by atoms with Crippen LogP contribution in [0.25, 0.3) is 0 Å². The Kier molecular flexibility index (Phi) is 3.63. The molecule has 0 N–H and O–H groups in total. The average Bonchev–Trinajstić information content (AvgIpc) is 2.30. The zero-order chi connectivity index (χ0) is 14.2. The van der Waals surface area contributed by atoms with Crippen molar-refractivity contribution in [3.8, 4) is 0 Å². The Balaban J connectivity index is 2.43. The molecule has 0 aliphatic carbocycles. The van der Waals surface area contributed by atoms with Gasteiger partial charge >= 0.3 is 0 Å². The van der Waals surface area contributed by atoms with Crippen molar-refractivity contribution in [3.63, 3.8) is 0 Å². The molecular formula is C15H20FNO2. The second kappa shape index (κ2) is 4.93. The monoisotopic (exact) mass is 265 g/mol. The van der Waals surface area contributed by atoms with Gasteiger partial charge in [0.1, 0.15) is 5.82 Å². The number of carbonyl (C=O) groups is 1. The number of hydrogen-bond donors (Lipinski definition) is 0. The van der Waals surface area contributed by atoms with E-state index in [0.29, 0.717) is 24.3 Å². The molecule has 0 aromatic heterocycles. The molecule has 0 radical (unpaired) electrons. The van der Waals surface area contributed by atoms with Crippen LogP contribution in [0.5, 0.6) is 0 Å². The van der Waals surface area contributed by atoms with Crippen molar-refractivity contribution in [2.24, 2.45) is 0 Å². The van der Waals surface area contributed by atoms with Crippen LogP contribution >= 0.6 is 0 Å². The van der Waals surface area contributed by atoms with Gasteiger partial charge in [0.2, 0.25) is 0 Å². The van der Waals surface area contributed by atoms with Crippen molar-refractivity contribution >= 4 is 11.5 Å². The molecule has 1 heterocycles. The van der Waals surface area contributed by atoms with Gasteiger partial charge in [-0.1, -0.05) is 0 Å². The number of ketones is 1. The molecular weight excluding hydrogens is 245 g/mol. The van der Waals surface area contributed by atoms with Crippen LogP contribution in [0.3, 0.4) is 0 Å². The summed E-state index contributed by atoms with van der Waals surface area (Å²) in [6.45, 7) is 9.24. The minimum absolute atomic E-state index is 0.113. The van der Waals surface area contributed by atoms with Crippen LogP contribution in [-0.4, -0.2) is 31.1 Å². The van der Waals surface area contributed by atoms with E-state index in [1.165, 1.54) is 13.0 Å². The first kappa shape index (κ1) is 14.0. The summed E-state index contributed by atoms with van der Waals surface area (Å²) in [5, 5.41) is 0. The number of aryl methyl sites for hydroxylation is 1. The SMILES string of the molecule is CC(=O)c1cc(F)c(C)cc1N1CCOC(C)(C)C1. The van der Waals surface area contributed by atoms with E-state index in [-0.39, 0.29) is 17.2 Å². The third-order valence-electron chi connectivity index (χ3n) is 3.42. The lowest BCUT2D eigenvalue weighted by atomic mass is 10.0. The number of hydrogen-bond acceptors (Lipinski definition) is 3. The lowest BCUT2D eigenvalue weighted by Gasteiger charge is -2.40. The molecule has 1 aliphatic rings. The molecule has 1 fully saturated rings. The van der Waals surface area contributed by atoms with Crippen molar-refractivity contribution in [1.82, 2.24) is 0 Å². The summed E-state index contributed by atoms with van der Waals surface area (Å²) in [4.78, 5) is 13.8. The Labute approximate surface area is 113 Å².